The van der Waals surface area contributed by atoms with Crippen LogP contribution in [0.15, 0.2) is 17.7 Å². The van der Waals surface area contributed by atoms with Crippen LogP contribution in [0, 0.1) is 13.8 Å². The van der Waals surface area contributed by atoms with Crippen molar-refractivity contribution in [2.75, 3.05) is 5.75 Å². The number of aromatic nitrogens is 2. The molecule has 0 aliphatic carbocycles. The minimum absolute atomic E-state index is 0.0663. The predicted molar refractivity (Wildman–Crippen MR) is 121 cm³/mol. The molecule has 0 saturated carbocycles. The van der Waals surface area contributed by atoms with E-state index in [9.17, 15) is 13.2 Å². The molecule has 2 rings (SSSR count). The number of nitrogens with zero attached hydrogens (tertiary/aromatic N) is 2. The molecular formula is C22H29ClN2O4S. The van der Waals surface area contributed by atoms with Crippen molar-refractivity contribution in [3.05, 3.63) is 50.7 Å². The minimum atomic E-state index is -3.84. The minimum Gasteiger partial charge on any atom is -0.361 e. The summed E-state index contributed by atoms with van der Waals surface area (Å²) in [5, 5.41) is 4.79. The highest BCUT2D eigenvalue weighted by molar-refractivity contribution is 7.87. The fraction of sp³-hybridized carbons (Fsp3) is 0.455. The van der Waals surface area contributed by atoms with E-state index in [0.717, 1.165) is 28.7 Å². The molecule has 0 bridgehead atoms. The molecule has 1 aromatic carbocycles. The van der Waals surface area contributed by atoms with E-state index < -0.39 is 10.1 Å². The van der Waals surface area contributed by atoms with Crippen molar-refractivity contribution in [1.82, 2.24) is 9.78 Å². The Kier molecular flexibility index (Phi) is 7.53. The number of hydrogen-bond acceptors (Lipinski definition) is 5. The van der Waals surface area contributed by atoms with Crippen molar-refractivity contribution in [2.45, 2.75) is 54.4 Å². The molecule has 2 aromatic rings. The Bertz CT molecular complexity index is 1110. The molecule has 0 N–H and O–H groups in total. The zero-order valence-corrected chi connectivity index (χ0v) is 20.2. The molecule has 0 atom stereocenters. The standard InChI is InChI=1S/C22H29ClN2O4S/c1-8-9-12-30(27,28)29-22-20(16(6)24-25(22)7)21(26)17-10-11-18(23)19(15(17)5)14(4)13(2)3/h10-11H,8-9,12H2,1-7H3. The van der Waals surface area contributed by atoms with Gasteiger partial charge in [0.1, 0.15) is 5.56 Å². The Morgan fingerprint density at radius 1 is 1.17 bits per heavy atom. The maximum absolute atomic E-state index is 13.5. The molecule has 0 saturated heterocycles. The third kappa shape index (κ3) is 4.95. The van der Waals surface area contributed by atoms with Crippen LogP contribution < -0.4 is 4.18 Å². The van der Waals surface area contributed by atoms with Gasteiger partial charge in [-0.15, -0.1) is 0 Å². The number of rotatable bonds is 8. The van der Waals surface area contributed by atoms with Crippen LogP contribution in [0.4, 0.5) is 0 Å². The summed E-state index contributed by atoms with van der Waals surface area (Å²) in [6.07, 6.45) is 1.19. The Hall–Kier alpha value is -2.12. The molecular weight excluding hydrogens is 424 g/mol. The molecule has 0 amide bonds. The fourth-order valence-corrected chi connectivity index (χ4v) is 4.75. The summed E-state index contributed by atoms with van der Waals surface area (Å²) in [6, 6.07) is 3.34. The number of ketones is 1. The van der Waals surface area contributed by atoms with Crippen LogP contribution in [0.1, 0.15) is 73.3 Å². The molecule has 164 valence electrons. The molecule has 0 aliphatic heterocycles. The van der Waals surface area contributed by atoms with Crippen LogP contribution in [0.25, 0.3) is 5.57 Å². The molecule has 1 heterocycles. The summed E-state index contributed by atoms with van der Waals surface area (Å²) in [7, 11) is -2.28. The smallest absolute Gasteiger partial charge is 0.310 e. The third-order valence-corrected chi connectivity index (χ3v) is 6.65. The lowest BCUT2D eigenvalue weighted by Crippen LogP contribution is -2.17. The van der Waals surface area contributed by atoms with Gasteiger partial charge in [0.2, 0.25) is 11.7 Å². The van der Waals surface area contributed by atoms with Crippen LogP contribution >= 0.6 is 11.6 Å². The maximum atomic E-state index is 13.5. The van der Waals surface area contributed by atoms with E-state index in [2.05, 4.69) is 5.10 Å². The van der Waals surface area contributed by atoms with Crippen LogP contribution in [-0.2, 0) is 17.2 Å². The van der Waals surface area contributed by atoms with Gasteiger partial charge in [-0.1, -0.05) is 30.5 Å². The summed E-state index contributed by atoms with van der Waals surface area (Å²) in [4.78, 5) is 13.5. The Labute approximate surface area is 184 Å². The molecule has 0 aliphatic rings. The highest BCUT2D eigenvalue weighted by atomic mass is 35.5. The molecule has 0 radical (unpaired) electrons. The predicted octanol–water partition coefficient (Wildman–Crippen LogP) is 5.24. The Morgan fingerprint density at radius 2 is 1.80 bits per heavy atom. The second kappa shape index (κ2) is 9.35. The van der Waals surface area contributed by atoms with Crippen LogP contribution in [0.2, 0.25) is 5.02 Å². The fourth-order valence-electron chi connectivity index (χ4n) is 3.25. The van der Waals surface area contributed by atoms with Gasteiger partial charge in [0.15, 0.2) is 0 Å². The number of benzene rings is 1. The Morgan fingerprint density at radius 3 is 2.37 bits per heavy atom. The molecule has 0 fully saturated rings. The zero-order valence-electron chi connectivity index (χ0n) is 18.6. The first-order chi connectivity index (χ1) is 13.9. The first-order valence-corrected chi connectivity index (χ1v) is 11.8. The van der Waals surface area contributed by atoms with E-state index in [1.165, 1.54) is 4.68 Å². The van der Waals surface area contributed by atoms with Crippen molar-refractivity contribution in [1.29, 1.82) is 0 Å². The van der Waals surface area contributed by atoms with E-state index >= 15 is 0 Å². The van der Waals surface area contributed by atoms with Crippen molar-refractivity contribution >= 4 is 33.1 Å². The van der Waals surface area contributed by atoms with Gasteiger partial charge in [-0.3, -0.25) is 4.79 Å². The Balaban J connectivity index is 2.61. The number of halogens is 1. The largest absolute Gasteiger partial charge is 0.361 e. The van der Waals surface area contributed by atoms with Crippen molar-refractivity contribution in [2.24, 2.45) is 7.05 Å². The summed E-state index contributed by atoms with van der Waals surface area (Å²) >= 11 is 6.43. The van der Waals surface area contributed by atoms with Gasteiger partial charge in [-0.2, -0.15) is 13.5 Å². The van der Waals surface area contributed by atoms with Crippen LogP contribution in [0.5, 0.6) is 5.88 Å². The van der Waals surface area contributed by atoms with Gasteiger partial charge in [0.25, 0.3) is 0 Å². The average Bonchev–Trinajstić information content (AvgIpc) is 2.92. The monoisotopic (exact) mass is 452 g/mol. The number of unbranched alkanes of at least 4 members (excludes halogenated alkanes) is 1. The first kappa shape index (κ1) is 24.2. The quantitative estimate of drug-likeness (QED) is 0.404. The number of hydrogen-bond donors (Lipinski definition) is 0. The molecule has 6 nitrogen and oxygen atoms in total. The first-order valence-electron chi connectivity index (χ1n) is 9.85. The normalized spacial score (nSPS) is 11.5. The third-order valence-electron chi connectivity index (χ3n) is 5.13. The summed E-state index contributed by atoms with van der Waals surface area (Å²) in [5.41, 5.74) is 4.60. The number of allylic oxidation sites excluding steroid dienone is 2. The zero-order chi connectivity index (χ0) is 22.8. The number of carbonyl (C=O) groups excluding carboxylic acids is 1. The lowest BCUT2D eigenvalue weighted by atomic mass is 9.91. The van der Waals surface area contributed by atoms with Gasteiger partial charge < -0.3 is 4.18 Å². The van der Waals surface area contributed by atoms with Gasteiger partial charge in [0, 0.05) is 17.6 Å². The summed E-state index contributed by atoms with van der Waals surface area (Å²) in [6.45, 7) is 11.3. The molecule has 30 heavy (non-hydrogen) atoms. The van der Waals surface area contributed by atoms with Gasteiger partial charge in [0.05, 0.1) is 11.4 Å². The highest BCUT2D eigenvalue weighted by Gasteiger charge is 2.28. The molecule has 8 heteroatoms. The lowest BCUT2D eigenvalue weighted by molar-refractivity contribution is 0.103. The van der Waals surface area contributed by atoms with Crippen molar-refractivity contribution in [3.8, 4) is 5.88 Å². The SMILES string of the molecule is CCCCS(=O)(=O)Oc1c(C(=O)c2ccc(Cl)c(C(C)=C(C)C)c2C)c(C)nn1C. The number of aryl methyl sites for hydroxylation is 2. The topological polar surface area (TPSA) is 78.3 Å². The summed E-state index contributed by atoms with van der Waals surface area (Å²) in [5.74, 6) is -0.535. The van der Waals surface area contributed by atoms with E-state index in [1.54, 1.807) is 26.1 Å². The second-order valence-electron chi connectivity index (χ2n) is 7.64. The van der Waals surface area contributed by atoms with E-state index in [0.29, 0.717) is 22.7 Å². The van der Waals surface area contributed by atoms with Crippen molar-refractivity contribution in [3.63, 3.8) is 0 Å². The lowest BCUT2D eigenvalue weighted by Gasteiger charge is -2.15. The van der Waals surface area contributed by atoms with E-state index in [-0.39, 0.29) is 23.0 Å². The van der Waals surface area contributed by atoms with E-state index in [1.807, 2.05) is 34.6 Å². The molecule has 0 spiro atoms. The maximum Gasteiger partial charge on any atom is 0.310 e. The van der Waals surface area contributed by atoms with Gasteiger partial charge >= 0.3 is 10.1 Å². The molecule has 1 aromatic heterocycles. The van der Waals surface area contributed by atoms with Crippen molar-refractivity contribution < 1.29 is 17.4 Å². The van der Waals surface area contributed by atoms with Crippen LogP contribution in [-0.4, -0.2) is 29.7 Å². The van der Waals surface area contributed by atoms with Gasteiger partial charge in [-0.25, -0.2) is 4.68 Å². The second-order valence-corrected chi connectivity index (χ2v) is 9.73. The van der Waals surface area contributed by atoms with Gasteiger partial charge in [-0.05, 0) is 69.9 Å². The van der Waals surface area contributed by atoms with Crippen LogP contribution in [0.3, 0.4) is 0 Å². The highest BCUT2D eigenvalue weighted by Crippen LogP contribution is 2.34. The number of carbonyl (C=O) groups is 1. The summed E-state index contributed by atoms with van der Waals surface area (Å²) < 4.78 is 31.3. The van der Waals surface area contributed by atoms with E-state index in [4.69, 9.17) is 15.8 Å². The average molecular weight is 453 g/mol. The molecule has 0 unspecified atom stereocenters.